The molecular weight excluding hydrogens is 352 g/mol. The van der Waals surface area contributed by atoms with Gasteiger partial charge in [-0.1, -0.05) is 35.5 Å². The summed E-state index contributed by atoms with van der Waals surface area (Å²) in [6.07, 6.45) is 2.89. The SMILES string of the molecule is Cc1cccc(NC(=O)N2c3ccccc3CC2c2nc(C3CC3)no2)c1C. The third-order valence-electron chi connectivity index (χ3n) is 5.73. The molecule has 142 valence electrons. The molecule has 1 aliphatic carbocycles. The summed E-state index contributed by atoms with van der Waals surface area (Å²) in [5, 5.41) is 7.22. The zero-order valence-electron chi connectivity index (χ0n) is 16.0. The molecule has 2 amide bonds. The van der Waals surface area contributed by atoms with E-state index in [-0.39, 0.29) is 12.1 Å². The number of urea groups is 1. The number of fused-ring (bicyclic) bond motifs is 1. The molecule has 1 N–H and O–H groups in total. The van der Waals surface area contributed by atoms with E-state index in [0.29, 0.717) is 18.2 Å². The normalized spacial score (nSPS) is 18.2. The van der Waals surface area contributed by atoms with Gasteiger partial charge in [0, 0.05) is 23.7 Å². The molecule has 1 saturated carbocycles. The summed E-state index contributed by atoms with van der Waals surface area (Å²) in [5.74, 6) is 1.69. The van der Waals surface area contributed by atoms with Crippen LogP contribution in [-0.2, 0) is 6.42 Å². The van der Waals surface area contributed by atoms with Crippen molar-refractivity contribution in [1.82, 2.24) is 10.1 Å². The van der Waals surface area contributed by atoms with Gasteiger partial charge < -0.3 is 9.84 Å². The van der Waals surface area contributed by atoms with Crippen LogP contribution in [0.4, 0.5) is 16.2 Å². The summed E-state index contributed by atoms with van der Waals surface area (Å²) in [6, 6.07) is 13.4. The van der Waals surface area contributed by atoms with Crippen molar-refractivity contribution in [2.24, 2.45) is 0 Å². The standard InChI is InChI=1S/C22H22N4O2/c1-13-6-5-8-17(14(13)2)23-22(27)26-18-9-4-3-7-16(18)12-19(26)21-24-20(25-28-21)15-10-11-15/h3-9,15,19H,10-12H2,1-2H3,(H,23,27). The van der Waals surface area contributed by atoms with Crippen LogP contribution in [0.5, 0.6) is 0 Å². The van der Waals surface area contributed by atoms with Crippen LogP contribution in [0.15, 0.2) is 47.0 Å². The molecule has 1 aromatic heterocycles. The highest BCUT2D eigenvalue weighted by Gasteiger charge is 2.39. The minimum Gasteiger partial charge on any atom is -0.337 e. The van der Waals surface area contributed by atoms with Gasteiger partial charge in [0.25, 0.3) is 0 Å². The molecule has 1 unspecified atom stereocenters. The summed E-state index contributed by atoms with van der Waals surface area (Å²) in [5.41, 5.74) is 5.02. The number of rotatable bonds is 3. The van der Waals surface area contributed by atoms with Gasteiger partial charge in [-0.15, -0.1) is 0 Å². The average molecular weight is 374 g/mol. The first-order chi connectivity index (χ1) is 13.6. The summed E-state index contributed by atoms with van der Waals surface area (Å²) in [4.78, 5) is 19.7. The van der Waals surface area contributed by atoms with E-state index < -0.39 is 0 Å². The number of nitrogens with zero attached hydrogens (tertiary/aromatic N) is 3. The lowest BCUT2D eigenvalue weighted by molar-refractivity contribution is 0.253. The molecule has 6 nitrogen and oxygen atoms in total. The molecule has 6 heteroatoms. The quantitative estimate of drug-likeness (QED) is 0.708. The molecule has 2 aliphatic rings. The third-order valence-corrected chi connectivity index (χ3v) is 5.73. The first-order valence-corrected chi connectivity index (χ1v) is 9.69. The number of nitrogens with one attached hydrogen (secondary N) is 1. The Hall–Kier alpha value is -3.15. The Kier molecular flexibility index (Phi) is 3.93. The number of hydrogen-bond donors (Lipinski definition) is 1. The zero-order chi connectivity index (χ0) is 19.3. The van der Waals surface area contributed by atoms with Crippen molar-refractivity contribution in [2.45, 2.75) is 45.1 Å². The number of aromatic nitrogens is 2. The van der Waals surface area contributed by atoms with Gasteiger partial charge in [-0.05, 0) is 55.5 Å². The summed E-state index contributed by atoms with van der Waals surface area (Å²) < 4.78 is 5.57. The molecule has 0 saturated heterocycles. The lowest BCUT2D eigenvalue weighted by Crippen LogP contribution is -2.36. The van der Waals surface area contributed by atoms with E-state index in [1.165, 1.54) is 0 Å². The van der Waals surface area contributed by atoms with Gasteiger partial charge in [0.15, 0.2) is 5.82 Å². The number of anilines is 2. The van der Waals surface area contributed by atoms with Crippen molar-refractivity contribution >= 4 is 17.4 Å². The van der Waals surface area contributed by atoms with Crippen LogP contribution in [0.25, 0.3) is 0 Å². The summed E-state index contributed by atoms with van der Waals surface area (Å²) in [6.45, 7) is 4.05. The van der Waals surface area contributed by atoms with Gasteiger partial charge in [-0.2, -0.15) is 4.98 Å². The lowest BCUT2D eigenvalue weighted by Gasteiger charge is -2.24. The first-order valence-electron chi connectivity index (χ1n) is 9.69. The van der Waals surface area contributed by atoms with E-state index in [9.17, 15) is 4.79 Å². The van der Waals surface area contributed by atoms with Crippen molar-refractivity contribution in [3.8, 4) is 0 Å². The number of para-hydroxylation sites is 1. The van der Waals surface area contributed by atoms with Gasteiger partial charge in [-0.25, -0.2) is 4.79 Å². The Morgan fingerprint density at radius 3 is 2.79 bits per heavy atom. The van der Waals surface area contributed by atoms with Crippen molar-refractivity contribution in [3.63, 3.8) is 0 Å². The molecule has 1 aliphatic heterocycles. The highest BCUT2D eigenvalue weighted by atomic mass is 16.5. The van der Waals surface area contributed by atoms with Crippen molar-refractivity contribution in [3.05, 3.63) is 70.9 Å². The highest BCUT2D eigenvalue weighted by Crippen LogP contribution is 2.42. The average Bonchev–Trinajstić information content (AvgIpc) is 3.29. The summed E-state index contributed by atoms with van der Waals surface area (Å²) >= 11 is 0. The largest absolute Gasteiger partial charge is 0.337 e. The Morgan fingerprint density at radius 2 is 1.96 bits per heavy atom. The predicted molar refractivity (Wildman–Crippen MR) is 107 cm³/mol. The monoisotopic (exact) mass is 374 g/mol. The van der Waals surface area contributed by atoms with Crippen LogP contribution in [0.2, 0.25) is 0 Å². The number of amides is 2. The van der Waals surface area contributed by atoms with Gasteiger partial charge in [0.05, 0.1) is 0 Å². The fourth-order valence-electron chi connectivity index (χ4n) is 3.79. The topological polar surface area (TPSA) is 71.3 Å². The van der Waals surface area contributed by atoms with Gasteiger partial charge in [0.1, 0.15) is 6.04 Å². The Bertz CT molecular complexity index is 1050. The second-order valence-corrected chi connectivity index (χ2v) is 7.66. The van der Waals surface area contributed by atoms with Crippen LogP contribution in [0.3, 0.4) is 0 Å². The van der Waals surface area contributed by atoms with E-state index in [1.807, 2.05) is 56.3 Å². The predicted octanol–water partition coefficient (Wildman–Crippen LogP) is 4.90. The fraction of sp³-hybridized carbons (Fsp3) is 0.318. The maximum Gasteiger partial charge on any atom is 0.327 e. The first kappa shape index (κ1) is 17.0. The number of benzene rings is 2. The number of carbonyl (C=O) groups is 1. The highest BCUT2D eigenvalue weighted by molar-refractivity contribution is 6.04. The van der Waals surface area contributed by atoms with Gasteiger partial charge >= 0.3 is 6.03 Å². The fourth-order valence-corrected chi connectivity index (χ4v) is 3.79. The van der Waals surface area contributed by atoms with Gasteiger partial charge in [-0.3, -0.25) is 4.90 Å². The molecule has 0 spiro atoms. The van der Waals surface area contributed by atoms with E-state index in [0.717, 1.165) is 46.7 Å². The molecule has 28 heavy (non-hydrogen) atoms. The van der Waals surface area contributed by atoms with Crippen molar-refractivity contribution < 1.29 is 9.32 Å². The maximum absolute atomic E-state index is 13.3. The Balaban J connectivity index is 1.49. The van der Waals surface area contributed by atoms with E-state index >= 15 is 0 Å². The molecule has 2 aromatic carbocycles. The Morgan fingerprint density at radius 1 is 1.14 bits per heavy atom. The van der Waals surface area contributed by atoms with Crippen LogP contribution in [0.1, 0.15) is 53.2 Å². The number of aryl methyl sites for hydroxylation is 1. The molecule has 2 heterocycles. The second-order valence-electron chi connectivity index (χ2n) is 7.66. The van der Waals surface area contributed by atoms with Crippen LogP contribution >= 0.6 is 0 Å². The van der Waals surface area contributed by atoms with Gasteiger partial charge in [0.2, 0.25) is 5.89 Å². The molecular formula is C22H22N4O2. The van der Waals surface area contributed by atoms with E-state index in [4.69, 9.17) is 4.52 Å². The van der Waals surface area contributed by atoms with Crippen LogP contribution in [-0.4, -0.2) is 16.2 Å². The van der Waals surface area contributed by atoms with Crippen LogP contribution in [0, 0.1) is 13.8 Å². The minimum atomic E-state index is -0.289. The van der Waals surface area contributed by atoms with E-state index in [1.54, 1.807) is 4.90 Å². The molecule has 1 fully saturated rings. The van der Waals surface area contributed by atoms with Crippen molar-refractivity contribution in [2.75, 3.05) is 10.2 Å². The molecule has 0 bridgehead atoms. The molecule has 1 atom stereocenters. The second kappa shape index (κ2) is 6.48. The molecule has 5 rings (SSSR count). The molecule has 3 aromatic rings. The maximum atomic E-state index is 13.3. The number of hydrogen-bond acceptors (Lipinski definition) is 4. The zero-order valence-corrected chi connectivity index (χ0v) is 16.0. The van der Waals surface area contributed by atoms with E-state index in [2.05, 4.69) is 15.5 Å². The summed E-state index contributed by atoms with van der Waals surface area (Å²) in [7, 11) is 0. The number of carbonyl (C=O) groups excluding carboxylic acids is 1. The van der Waals surface area contributed by atoms with Crippen molar-refractivity contribution in [1.29, 1.82) is 0 Å². The Labute approximate surface area is 163 Å². The minimum absolute atomic E-state index is 0.185. The molecule has 0 radical (unpaired) electrons. The van der Waals surface area contributed by atoms with Crippen LogP contribution < -0.4 is 10.2 Å². The third kappa shape index (κ3) is 2.85. The smallest absolute Gasteiger partial charge is 0.327 e. The lowest BCUT2D eigenvalue weighted by atomic mass is 10.1.